The van der Waals surface area contributed by atoms with E-state index in [1.165, 1.54) is 14.2 Å². The van der Waals surface area contributed by atoms with E-state index in [-0.39, 0.29) is 0 Å². The van der Waals surface area contributed by atoms with E-state index >= 15 is 0 Å². The van der Waals surface area contributed by atoms with E-state index in [1.54, 1.807) is 0 Å². The second kappa shape index (κ2) is 30.9. The van der Waals surface area contributed by atoms with Crippen LogP contribution in [0.15, 0.2) is 0 Å². The Morgan fingerprint density at radius 1 is 0.400 bits per heavy atom. The largest absolute Gasteiger partial charge is 0.435 e. The van der Waals surface area contributed by atoms with Crippen molar-refractivity contribution in [2.75, 3.05) is 26.9 Å². The van der Waals surface area contributed by atoms with Gasteiger partial charge in [0.1, 0.15) is 98.0 Å². The average Bonchev–Trinajstić information content (AvgIpc) is 2.70. The zero-order valence-electron chi connectivity index (χ0n) is 41.6. The maximum Gasteiger partial charge on any atom is 0.397 e. The third-order valence-electron chi connectivity index (χ3n) is 12.0. The van der Waals surface area contributed by atoms with Gasteiger partial charge in [-0.2, -0.15) is 66.0 Å². The van der Waals surface area contributed by atoms with Crippen molar-refractivity contribution in [2.24, 2.45) is 0 Å². The summed E-state index contributed by atoms with van der Waals surface area (Å²) < 4.78 is 243. The van der Waals surface area contributed by atoms with E-state index in [0.29, 0.717) is 0 Å². The molecule has 85 heavy (non-hydrogen) atoms. The number of ether oxygens (including phenoxy) is 12. The second-order valence-electron chi connectivity index (χ2n) is 17.3. The minimum atomic E-state index is -5.74. The van der Waals surface area contributed by atoms with Gasteiger partial charge in [0, 0.05) is 7.11 Å². The number of hydrogen-bond donors (Lipinski definition) is 17. The van der Waals surface area contributed by atoms with Gasteiger partial charge in [-0.1, -0.05) is 15.1 Å². The molecule has 0 saturated carbocycles. The van der Waals surface area contributed by atoms with Gasteiger partial charge in [-0.15, -0.1) is 0 Å². The first-order valence-electron chi connectivity index (χ1n) is 22.5. The summed E-state index contributed by atoms with van der Waals surface area (Å²) >= 11 is 0. The van der Waals surface area contributed by atoms with E-state index < -0.39 is 238 Å². The molecule has 5 aliphatic rings. The summed E-state index contributed by atoms with van der Waals surface area (Å²) in [6.45, 7) is -4.93. The third-order valence-corrected chi connectivity index (χ3v) is 14.6. The summed E-state index contributed by atoms with van der Waals surface area (Å²) in [6.07, 6.45) is -54.1. The minimum absolute atomic E-state index is 0.440. The molecule has 5 aliphatic heterocycles. The SMILES string of the molecule is CO[C@H]1OC(COS(=O)(=O)O)[C@@H](OC2OC(OC=O)[C@@H](O[C@@H]3OC(COOO)[C@@H](O[C@@H]4OC(OC=O)[C@@H](O[C@H]5OC(COS(=O)(=O)O)[C@@H](O)[C@H](O)C5NS(=O)(=O)O)[C@H](O)C4O)[C@H](OOO)C3NS(=O)(=O)O)[C@@H](O)[C@@H]2OOO)[C@H](O)C1NS(=O)(=O)O. The molecule has 0 bridgehead atoms. The number of carbonyl (C=O) groups is 2. The van der Waals surface area contributed by atoms with Crippen molar-refractivity contribution in [3.8, 4) is 0 Å². The quantitative estimate of drug-likeness (QED) is 0.0129. The summed E-state index contributed by atoms with van der Waals surface area (Å²) in [5.74, 6) is 0. The van der Waals surface area contributed by atoms with Crippen LogP contribution in [0.5, 0.6) is 0 Å². The lowest BCUT2D eigenvalue weighted by molar-refractivity contribution is -0.541. The van der Waals surface area contributed by atoms with Gasteiger partial charge < -0.3 is 87.5 Å². The van der Waals surface area contributed by atoms with Crippen molar-refractivity contribution in [3.63, 3.8) is 0 Å². The Morgan fingerprint density at radius 2 is 0.824 bits per heavy atom. The normalized spacial score (nSPS) is 39.9. The van der Waals surface area contributed by atoms with Crippen LogP contribution in [-0.2, 0) is 156 Å². The van der Waals surface area contributed by atoms with Crippen LogP contribution in [0.4, 0.5) is 0 Å². The molecule has 0 aliphatic carbocycles. The molecule has 0 aromatic rings. The predicted molar refractivity (Wildman–Crippen MR) is 237 cm³/mol. The van der Waals surface area contributed by atoms with Gasteiger partial charge in [-0.3, -0.25) is 32.4 Å². The van der Waals surface area contributed by atoms with Crippen LogP contribution in [0, 0.1) is 0 Å². The Balaban J connectivity index is 1.49. The molecule has 25 atom stereocenters. The molecule has 5 saturated heterocycles. The molecule has 5 fully saturated rings. The van der Waals surface area contributed by atoms with Gasteiger partial charge in [0.15, 0.2) is 49.8 Å². The fourth-order valence-corrected chi connectivity index (χ4v) is 11.0. The van der Waals surface area contributed by atoms with Gasteiger partial charge in [0.2, 0.25) is 12.6 Å². The molecule has 0 aromatic heterocycles. The molecule has 0 aromatic carbocycles. The highest BCUT2D eigenvalue weighted by Crippen LogP contribution is 2.38. The van der Waals surface area contributed by atoms with Gasteiger partial charge in [0.25, 0.3) is 12.9 Å². The lowest BCUT2D eigenvalue weighted by Gasteiger charge is -2.50. The van der Waals surface area contributed by atoms with Crippen LogP contribution in [0.1, 0.15) is 0 Å². The molecule has 0 spiro atoms. The smallest absolute Gasteiger partial charge is 0.397 e. The van der Waals surface area contributed by atoms with Crippen LogP contribution in [0.25, 0.3) is 0 Å². The van der Waals surface area contributed by atoms with E-state index in [0.717, 1.165) is 7.11 Å². The number of hydrogen-bond acceptors (Lipinski definition) is 41. The molecule has 10 unspecified atom stereocenters. The van der Waals surface area contributed by atoms with Crippen molar-refractivity contribution < 1.29 is 216 Å². The second-order valence-corrected chi connectivity index (χ2v) is 23.1. The van der Waals surface area contributed by atoms with E-state index in [9.17, 15) is 111 Å². The molecule has 54 heteroatoms. The lowest BCUT2D eigenvalue weighted by atomic mass is 9.95. The molecule has 49 nitrogen and oxygen atoms in total. The van der Waals surface area contributed by atoms with E-state index in [1.807, 2.05) is 0 Å². The Bertz CT molecular complexity index is 2720. The Hall–Kier alpha value is -2.71. The zero-order valence-corrected chi connectivity index (χ0v) is 45.7. The molecule has 5 heterocycles. The molecule has 5 rings (SSSR count). The van der Waals surface area contributed by atoms with Crippen LogP contribution in [0.3, 0.4) is 0 Å². The molecular weight excluding hydrogens is 1310 g/mol. The summed E-state index contributed by atoms with van der Waals surface area (Å²) in [7, 11) is -26.4. The highest BCUT2D eigenvalue weighted by molar-refractivity contribution is 7.84. The Morgan fingerprint density at radius 3 is 1.32 bits per heavy atom. The summed E-state index contributed by atoms with van der Waals surface area (Å²) in [6, 6.07) is -7.17. The van der Waals surface area contributed by atoms with Crippen molar-refractivity contribution in [3.05, 3.63) is 0 Å². The van der Waals surface area contributed by atoms with Gasteiger partial charge >= 0.3 is 51.7 Å². The topological polar surface area (TPSA) is 709 Å². The summed E-state index contributed by atoms with van der Waals surface area (Å²) in [4.78, 5) is 37.6. The number of methoxy groups -OCH3 is 1. The fraction of sp³-hybridized carbons (Fsp3) is 0.935. The minimum Gasteiger partial charge on any atom is -0.435 e. The number of rotatable bonds is 32. The maximum atomic E-state index is 12.6. The number of aliphatic hydroxyl groups is 6. The van der Waals surface area contributed by atoms with Gasteiger partial charge in [0.05, 0.1) is 13.2 Å². The molecule has 0 amide bonds. The van der Waals surface area contributed by atoms with Gasteiger partial charge in [-0.05, 0) is 0 Å². The van der Waals surface area contributed by atoms with Crippen molar-refractivity contribution in [1.82, 2.24) is 14.2 Å². The first kappa shape index (κ1) is 73.0. The van der Waals surface area contributed by atoms with E-state index in [4.69, 9.17) is 71.5 Å². The number of carbonyl (C=O) groups excluding carboxylic acids is 2. The van der Waals surface area contributed by atoms with Gasteiger partial charge in [-0.25, -0.2) is 29.0 Å². The molecule has 0 radical (unpaired) electrons. The fourth-order valence-electron chi connectivity index (χ4n) is 8.60. The number of nitrogens with one attached hydrogen (secondary N) is 3. The van der Waals surface area contributed by atoms with E-state index in [2.05, 4.69) is 33.3 Å². The van der Waals surface area contributed by atoms with Crippen LogP contribution < -0.4 is 14.2 Å². The zero-order chi connectivity index (χ0) is 63.7. The van der Waals surface area contributed by atoms with Crippen LogP contribution >= 0.6 is 0 Å². The molecule has 17 N–H and O–H groups in total. The summed E-state index contributed by atoms with van der Waals surface area (Å²) in [5.41, 5.74) is 0. The van der Waals surface area contributed by atoms with Crippen molar-refractivity contribution in [2.45, 2.75) is 154 Å². The molecule has 498 valence electrons. The predicted octanol–water partition coefficient (Wildman–Crippen LogP) is -11.9. The van der Waals surface area contributed by atoms with Crippen LogP contribution in [-0.4, -0.2) is 305 Å². The van der Waals surface area contributed by atoms with Crippen LogP contribution in [0.2, 0.25) is 0 Å². The Kier molecular flexibility index (Phi) is 26.5. The monoisotopic (exact) mass is 1360 g/mol. The average molecular weight is 1360 g/mol. The Labute approximate surface area is 474 Å². The first-order valence-corrected chi connectivity index (χ1v) is 29.6. The lowest BCUT2D eigenvalue weighted by Crippen LogP contribution is -2.71. The standard InChI is InChI=1S/C31H53N3O46S5/c1-61-25-11(33-82(49,50)51)15(39)19(9(68-25)4-66-85(58,59)60)70-31-24(77-80-45)18(42)23(30(75-31)63-6-36)73-27-12(34-83(52,53)54)21(76-79-44)20(8(69-27)2-64-78-43)71-28-17(41)16(40)22(29(74-28)62-5-35)72-26-10(32-81(46,47)48)14(38)13(37)7(67-26)3-65-84(55,56)57/h5-34,37-45H,2-4H2,1H3,(H,46,47,48)(H,49,50,51)(H,52,53,54)(H,55,56,57)(H,58,59,60)/t7?,8?,9?,10?,11?,12?,13-,14-,15-,16-,17?,18-,19-,20-,21-,22+,23+,24+,25+,26-,27+,28-,29?,30?,31?/m1/s1. The summed E-state index contributed by atoms with van der Waals surface area (Å²) in [5, 5.41) is 106. The van der Waals surface area contributed by atoms with Crippen molar-refractivity contribution >= 4 is 64.7 Å². The number of aliphatic hydroxyl groups excluding tert-OH is 6. The third kappa shape index (κ3) is 20.4. The first-order chi connectivity index (χ1) is 39.5. The highest BCUT2D eigenvalue weighted by atomic mass is 32.3. The van der Waals surface area contributed by atoms with Crippen molar-refractivity contribution in [1.29, 1.82) is 0 Å². The maximum absolute atomic E-state index is 12.6. The molecular formula is C31H53N3O46S5. The highest BCUT2D eigenvalue weighted by Gasteiger charge is 2.60.